The third kappa shape index (κ3) is 4.25. The van der Waals surface area contributed by atoms with Crippen molar-refractivity contribution < 1.29 is 19.0 Å². The number of rotatable bonds is 6. The maximum absolute atomic E-state index is 12.7. The smallest absolute Gasteiger partial charge is 0.246 e. The second-order valence-electron chi connectivity index (χ2n) is 6.29. The number of carbonyl (C=O) groups is 1. The van der Waals surface area contributed by atoms with Crippen molar-refractivity contribution in [3.63, 3.8) is 0 Å². The quantitative estimate of drug-likeness (QED) is 0.731. The summed E-state index contributed by atoms with van der Waals surface area (Å²) in [6, 6.07) is 11.7. The van der Waals surface area contributed by atoms with Gasteiger partial charge in [0.05, 0.1) is 20.8 Å². The first-order valence-electron chi connectivity index (χ1n) is 9.08. The van der Waals surface area contributed by atoms with E-state index in [1.54, 1.807) is 20.3 Å². The third-order valence-corrected chi connectivity index (χ3v) is 4.65. The van der Waals surface area contributed by atoms with E-state index >= 15 is 0 Å². The Morgan fingerprint density at radius 2 is 1.78 bits per heavy atom. The van der Waals surface area contributed by atoms with Gasteiger partial charge in [0, 0.05) is 24.7 Å². The number of nitrogens with zero attached hydrogens (tertiary/aromatic N) is 1. The summed E-state index contributed by atoms with van der Waals surface area (Å²) < 4.78 is 16.4. The SMILES string of the molecule is CCOc1ccccc1/C=C/C(=O)N1CCc2cc(OC)c(OC)cc2C1. The number of fused-ring (bicyclic) bond motifs is 1. The molecule has 1 amide bonds. The standard InChI is InChI=1S/C22H25NO4/c1-4-27-19-8-6-5-7-16(19)9-10-22(24)23-12-11-17-13-20(25-2)21(26-3)14-18(17)15-23/h5-10,13-14H,4,11-12,15H2,1-3H3/b10-9+. The lowest BCUT2D eigenvalue weighted by molar-refractivity contribution is -0.126. The second kappa shape index (κ2) is 8.62. The van der Waals surface area contributed by atoms with Crippen LogP contribution in [0.1, 0.15) is 23.6 Å². The molecule has 1 heterocycles. The van der Waals surface area contributed by atoms with Crippen LogP contribution in [-0.2, 0) is 17.8 Å². The normalized spacial score (nSPS) is 13.4. The van der Waals surface area contributed by atoms with Crippen LogP contribution in [0.25, 0.3) is 6.08 Å². The maximum Gasteiger partial charge on any atom is 0.246 e. The molecule has 142 valence electrons. The monoisotopic (exact) mass is 367 g/mol. The summed E-state index contributed by atoms with van der Waals surface area (Å²) >= 11 is 0. The van der Waals surface area contributed by atoms with Crippen molar-refractivity contribution in [3.8, 4) is 17.2 Å². The summed E-state index contributed by atoms with van der Waals surface area (Å²) in [7, 11) is 3.25. The summed E-state index contributed by atoms with van der Waals surface area (Å²) in [6.07, 6.45) is 4.23. The fraction of sp³-hybridized carbons (Fsp3) is 0.318. The first-order chi connectivity index (χ1) is 13.2. The van der Waals surface area contributed by atoms with E-state index in [9.17, 15) is 4.79 Å². The van der Waals surface area contributed by atoms with Gasteiger partial charge in [0.2, 0.25) is 5.91 Å². The molecule has 2 aromatic rings. The predicted octanol–water partition coefficient (Wildman–Crippen LogP) is 3.70. The van der Waals surface area contributed by atoms with Gasteiger partial charge >= 0.3 is 0 Å². The number of methoxy groups -OCH3 is 2. The Hall–Kier alpha value is -2.95. The van der Waals surface area contributed by atoms with Gasteiger partial charge in [-0.1, -0.05) is 18.2 Å². The highest BCUT2D eigenvalue weighted by molar-refractivity contribution is 5.92. The lowest BCUT2D eigenvalue weighted by Crippen LogP contribution is -2.34. The van der Waals surface area contributed by atoms with Gasteiger partial charge in [-0.05, 0) is 48.7 Å². The van der Waals surface area contributed by atoms with Crippen LogP contribution in [0.15, 0.2) is 42.5 Å². The van der Waals surface area contributed by atoms with Crippen LogP contribution >= 0.6 is 0 Å². The van der Waals surface area contributed by atoms with E-state index in [2.05, 4.69) is 0 Å². The molecule has 5 heteroatoms. The van der Waals surface area contributed by atoms with E-state index < -0.39 is 0 Å². The van der Waals surface area contributed by atoms with Crippen LogP contribution in [0.3, 0.4) is 0 Å². The highest BCUT2D eigenvalue weighted by Gasteiger charge is 2.21. The Morgan fingerprint density at radius 3 is 2.48 bits per heavy atom. The largest absolute Gasteiger partial charge is 0.493 e. The highest BCUT2D eigenvalue weighted by atomic mass is 16.5. The number of hydrogen-bond donors (Lipinski definition) is 0. The van der Waals surface area contributed by atoms with Crippen molar-refractivity contribution in [2.45, 2.75) is 19.9 Å². The van der Waals surface area contributed by atoms with Crippen molar-refractivity contribution in [2.75, 3.05) is 27.4 Å². The van der Waals surface area contributed by atoms with E-state index in [-0.39, 0.29) is 5.91 Å². The van der Waals surface area contributed by atoms with Gasteiger partial charge in [0.15, 0.2) is 11.5 Å². The minimum Gasteiger partial charge on any atom is -0.493 e. The topological polar surface area (TPSA) is 48.0 Å². The first kappa shape index (κ1) is 18.8. The van der Waals surface area contributed by atoms with E-state index in [1.165, 1.54) is 5.56 Å². The van der Waals surface area contributed by atoms with Crippen LogP contribution < -0.4 is 14.2 Å². The predicted molar refractivity (Wildman–Crippen MR) is 105 cm³/mol. The van der Waals surface area contributed by atoms with Crippen LogP contribution in [0.2, 0.25) is 0 Å². The van der Waals surface area contributed by atoms with Gasteiger partial charge in [0.1, 0.15) is 5.75 Å². The van der Waals surface area contributed by atoms with Crippen molar-refractivity contribution in [1.29, 1.82) is 0 Å². The lowest BCUT2D eigenvalue weighted by atomic mass is 9.98. The maximum atomic E-state index is 12.7. The Morgan fingerprint density at radius 1 is 1.07 bits per heavy atom. The van der Waals surface area contributed by atoms with Crippen LogP contribution in [0.4, 0.5) is 0 Å². The minimum atomic E-state index is -0.0123. The number of ether oxygens (including phenoxy) is 3. The average molecular weight is 367 g/mol. The number of hydrogen-bond acceptors (Lipinski definition) is 4. The lowest BCUT2D eigenvalue weighted by Gasteiger charge is -2.28. The molecule has 27 heavy (non-hydrogen) atoms. The van der Waals surface area contributed by atoms with Gasteiger partial charge in [0.25, 0.3) is 0 Å². The van der Waals surface area contributed by atoms with Crippen LogP contribution in [0, 0.1) is 0 Å². The Labute approximate surface area is 160 Å². The molecule has 0 N–H and O–H groups in total. The van der Waals surface area contributed by atoms with E-state index in [0.29, 0.717) is 25.4 Å². The third-order valence-electron chi connectivity index (χ3n) is 4.65. The molecule has 3 rings (SSSR count). The molecule has 1 aliphatic rings. The van der Waals surface area contributed by atoms with Crippen molar-refractivity contribution in [3.05, 3.63) is 59.2 Å². The molecule has 1 aliphatic heterocycles. The number of amides is 1. The van der Waals surface area contributed by atoms with Gasteiger partial charge in [-0.15, -0.1) is 0 Å². The molecule has 0 aromatic heterocycles. The zero-order valence-electron chi connectivity index (χ0n) is 16.0. The summed E-state index contributed by atoms with van der Waals surface area (Å²) in [4.78, 5) is 14.5. The molecule has 0 bridgehead atoms. The molecule has 2 aromatic carbocycles. The van der Waals surface area contributed by atoms with Gasteiger partial charge in [-0.2, -0.15) is 0 Å². The highest BCUT2D eigenvalue weighted by Crippen LogP contribution is 2.33. The van der Waals surface area contributed by atoms with Gasteiger partial charge in [-0.3, -0.25) is 4.79 Å². The molecule has 0 saturated heterocycles. The molecule has 0 aliphatic carbocycles. The Kier molecular flexibility index (Phi) is 6.01. The van der Waals surface area contributed by atoms with Crippen molar-refractivity contribution in [1.82, 2.24) is 4.90 Å². The second-order valence-corrected chi connectivity index (χ2v) is 6.29. The molecular formula is C22H25NO4. The van der Waals surface area contributed by atoms with E-state index in [1.807, 2.05) is 54.3 Å². The van der Waals surface area contributed by atoms with E-state index in [0.717, 1.165) is 29.0 Å². The summed E-state index contributed by atoms with van der Waals surface area (Å²) in [5.74, 6) is 2.18. The van der Waals surface area contributed by atoms with Gasteiger partial charge in [-0.25, -0.2) is 0 Å². The van der Waals surface area contributed by atoms with Crippen LogP contribution in [-0.4, -0.2) is 38.2 Å². The first-order valence-corrected chi connectivity index (χ1v) is 9.08. The summed E-state index contributed by atoms with van der Waals surface area (Å²) in [5.41, 5.74) is 3.19. The molecule has 0 fully saturated rings. The molecule has 0 atom stereocenters. The Balaban J connectivity index is 1.74. The molecular weight excluding hydrogens is 342 g/mol. The molecule has 5 nitrogen and oxygen atoms in total. The number of carbonyl (C=O) groups excluding carboxylic acids is 1. The van der Waals surface area contributed by atoms with Crippen LogP contribution in [0.5, 0.6) is 17.2 Å². The van der Waals surface area contributed by atoms with E-state index in [4.69, 9.17) is 14.2 Å². The van der Waals surface area contributed by atoms with Gasteiger partial charge < -0.3 is 19.1 Å². The molecule has 0 radical (unpaired) electrons. The van der Waals surface area contributed by atoms with Crippen molar-refractivity contribution in [2.24, 2.45) is 0 Å². The number of benzene rings is 2. The van der Waals surface area contributed by atoms with Crippen molar-refractivity contribution >= 4 is 12.0 Å². The summed E-state index contributed by atoms with van der Waals surface area (Å²) in [6.45, 7) is 3.78. The minimum absolute atomic E-state index is 0.0123. The zero-order chi connectivity index (χ0) is 19.2. The molecule has 0 spiro atoms. The molecule has 0 unspecified atom stereocenters. The fourth-order valence-corrected chi connectivity index (χ4v) is 3.24. The Bertz CT molecular complexity index is 844. The summed E-state index contributed by atoms with van der Waals surface area (Å²) in [5, 5.41) is 0. The fourth-order valence-electron chi connectivity index (χ4n) is 3.24. The average Bonchev–Trinajstić information content (AvgIpc) is 2.71. The zero-order valence-corrected chi connectivity index (χ0v) is 16.0. The number of para-hydroxylation sites is 1. The molecule has 0 saturated carbocycles.